The number of halogens is 2. The Morgan fingerprint density at radius 2 is 1.62 bits per heavy atom. The minimum absolute atomic E-state index is 0.274. The predicted molar refractivity (Wildman–Crippen MR) is 90.6 cm³/mol. The Kier molecular flexibility index (Phi) is 4.76. The third-order valence-electron chi connectivity index (χ3n) is 4.58. The van der Waals surface area contributed by atoms with Gasteiger partial charge in [0.1, 0.15) is 11.2 Å². The van der Waals surface area contributed by atoms with Crippen LogP contribution in [0.5, 0.6) is 5.75 Å². The quantitative estimate of drug-likeness (QED) is 0.581. The van der Waals surface area contributed by atoms with Crippen LogP contribution in [0.4, 0.5) is 8.78 Å². The minimum Gasteiger partial charge on any atom is -0.496 e. The van der Waals surface area contributed by atoms with Crippen molar-refractivity contribution in [1.82, 2.24) is 0 Å². The van der Waals surface area contributed by atoms with E-state index in [0.717, 1.165) is 0 Å². The highest BCUT2D eigenvalue weighted by molar-refractivity contribution is 6.00. The summed E-state index contributed by atoms with van der Waals surface area (Å²) in [6, 6.07) is 14.9. The van der Waals surface area contributed by atoms with Gasteiger partial charge in [-0.3, -0.25) is 9.59 Å². The summed E-state index contributed by atoms with van der Waals surface area (Å²) in [6.07, 6.45) is -1.24. The van der Waals surface area contributed by atoms with E-state index in [9.17, 15) is 18.4 Å². The summed E-state index contributed by atoms with van der Waals surface area (Å²) in [5.41, 5.74) is -0.664. The van der Waals surface area contributed by atoms with Gasteiger partial charge < -0.3 is 9.47 Å². The van der Waals surface area contributed by atoms with Gasteiger partial charge in [-0.25, -0.2) is 8.78 Å². The lowest BCUT2D eigenvalue weighted by molar-refractivity contribution is -0.178. The van der Waals surface area contributed by atoms with E-state index >= 15 is 0 Å². The zero-order chi connectivity index (χ0) is 18.8. The van der Waals surface area contributed by atoms with Crippen molar-refractivity contribution in [3.63, 3.8) is 0 Å². The number of carbonyl (C=O) groups excluding carboxylic acids is 2. The van der Waals surface area contributed by atoms with Gasteiger partial charge in [-0.1, -0.05) is 42.5 Å². The van der Waals surface area contributed by atoms with Crippen molar-refractivity contribution in [1.29, 1.82) is 0 Å². The van der Waals surface area contributed by atoms with Crippen molar-refractivity contribution in [2.24, 2.45) is 0 Å². The van der Waals surface area contributed by atoms with Gasteiger partial charge in [0.05, 0.1) is 12.7 Å². The summed E-state index contributed by atoms with van der Waals surface area (Å²) in [7, 11) is 1.43. The fourth-order valence-electron chi connectivity index (χ4n) is 3.28. The Hall–Kier alpha value is -2.76. The molecule has 136 valence electrons. The molecule has 0 unspecified atom stereocenters. The zero-order valence-electron chi connectivity index (χ0n) is 14.2. The number of esters is 1. The highest BCUT2D eigenvalue weighted by atomic mass is 19.3. The van der Waals surface area contributed by atoms with Crippen LogP contribution in [0.15, 0.2) is 54.6 Å². The first-order valence-corrected chi connectivity index (χ1v) is 8.15. The normalized spacial score (nSPS) is 17.0. The van der Waals surface area contributed by atoms with Gasteiger partial charge >= 0.3 is 5.97 Å². The molecule has 1 aliphatic carbocycles. The number of carbonyl (C=O) groups is 2. The maximum absolute atomic E-state index is 13.6. The van der Waals surface area contributed by atoms with E-state index in [0.29, 0.717) is 11.3 Å². The molecule has 0 bridgehead atoms. The van der Waals surface area contributed by atoms with Crippen molar-refractivity contribution in [2.75, 3.05) is 13.7 Å². The molecule has 26 heavy (non-hydrogen) atoms. The molecule has 0 N–H and O–H groups in total. The van der Waals surface area contributed by atoms with Gasteiger partial charge in [-0.15, -0.1) is 0 Å². The molecule has 0 radical (unpaired) electrons. The molecule has 0 atom stereocenters. The van der Waals surface area contributed by atoms with Crippen LogP contribution in [0.25, 0.3) is 0 Å². The third kappa shape index (κ3) is 3.31. The monoisotopic (exact) mass is 360 g/mol. The summed E-state index contributed by atoms with van der Waals surface area (Å²) < 4.78 is 37.3. The van der Waals surface area contributed by atoms with E-state index in [1.165, 1.54) is 7.11 Å². The molecule has 0 spiro atoms. The van der Waals surface area contributed by atoms with Gasteiger partial charge in [-0.05, 0) is 17.7 Å². The van der Waals surface area contributed by atoms with Crippen LogP contribution in [0, 0.1) is 0 Å². The van der Waals surface area contributed by atoms with Crippen LogP contribution in [-0.2, 0) is 14.9 Å². The highest BCUT2D eigenvalue weighted by Crippen LogP contribution is 2.54. The maximum atomic E-state index is 13.6. The first kappa shape index (κ1) is 18.0. The number of benzene rings is 2. The second kappa shape index (κ2) is 6.86. The first-order valence-electron chi connectivity index (χ1n) is 8.15. The molecular formula is C20H18F2O4. The zero-order valence-corrected chi connectivity index (χ0v) is 14.2. The Balaban J connectivity index is 1.75. The molecule has 3 rings (SSSR count). The largest absolute Gasteiger partial charge is 0.496 e. The fraction of sp³-hybridized carbons (Fsp3) is 0.300. The lowest BCUT2D eigenvalue weighted by Crippen LogP contribution is -2.55. The second-order valence-corrected chi connectivity index (χ2v) is 6.36. The molecular weight excluding hydrogens is 342 g/mol. The Morgan fingerprint density at radius 1 is 1.00 bits per heavy atom. The van der Waals surface area contributed by atoms with Crippen LogP contribution in [0.3, 0.4) is 0 Å². The molecule has 0 amide bonds. The molecule has 0 aromatic heterocycles. The van der Waals surface area contributed by atoms with E-state index in [1.54, 1.807) is 54.6 Å². The average molecular weight is 360 g/mol. The van der Waals surface area contributed by atoms with Crippen molar-refractivity contribution in [3.05, 3.63) is 65.7 Å². The van der Waals surface area contributed by atoms with Crippen LogP contribution in [0.1, 0.15) is 28.8 Å². The van der Waals surface area contributed by atoms with Crippen molar-refractivity contribution in [2.45, 2.75) is 24.2 Å². The van der Waals surface area contributed by atoms with Gasteiger partial charge in [-0.2, -0.15) is 0 Å². The molecule has 0 saturated heterocycles. The molecule has 0 heterocycles. The molecule has 2 aromatic rings. The number of para-hydroxylation sites is 1. The smallest absolute Gasteiger partial charge is 0.317 e. The molecule has 4 nitrogen and oxygen atoms in total. The summed E-state index contributed by atoms with van der Waals surface area (Å²) in [5.74, 6) is -3.81. The standard InChI is InChI=1S/C20H18F2O4/c1-25-17-10-6-5-9-15(17)16(23)11-26-18(24)19(12-20(21,22)13-19)14-7-3-2-4-8-14/h2-10H,11-13H2,1H3. The molecule has 1 aliphatic rings. The summed E-state index contributed by atoms with van der Waals surface area (Å²) in [6.45, 7) is -0.528. The summed E-state index contributed by atoms with van der Waals surface area (Å²) >= 11 is 0. The van der Waals surface area contributed by atoms with E-state index in [1.807, 2.05) is 0 Å². The Morgan fingerprint density at radius 3 is 2.23 bits per heavy atom. The topological polar surface area (TPSA) is 52.6 Å². The van der Waals surface area contributed by atoms with Gasteiger partial charge in [0.15, 0.2) is 6.61 Å². The number of hydrogen-bond acceptors (Lipinski definition) is 4. The first-order chi connectivity index (χ1) is 12.4. The number of alkyl halides is 2. The van der Waals surface area contributed by atoms with E-state index < -0.39 is 42.5 Å². The Bertz CT molecular complexity index is 810. The molecule has 1 fully saturated rings. The van der Waals surface area contributed by atoms with Crippen molar-refractivity contribution in [3.8, 4) is 5.75 Å². The van der Waals surface area contributed by atoms with E-state index in [2.05, 4.69) is 0 Å². The van der Waals surface area contributed by atoms with Crippen molar-refractivity contribution < 1.29 is 27.8 Å². The Labute approximate surface area is 149 Å². The van der Waals surface area contributed by atoms with Gasteiger partial charge in [0, 0.05) is 12.8 Å². The lowest BCUT2D eigenvalue weighted by atomic mass is 9.62. The fourth-order valence-corrected chi connectivity index (χ4v) is 3.28. The second-order valence-electron chi connectivity index (χ2n) is 6.36. The maximum Gasteiger partial charge on any atom is 0.317 e. The number of Topliss-reactive ketones (excluding diaryl/α,β-unsaturated/α-hetero) is 1. The predicted octanol–water partition coefficient (Wildman–Crippen LogP) is 3.79. The van der Waals surface area contributed by atoms with Crippen LogP contribution in [-0.4, -0.2) is 31.4 Å². The average Bonchev–Trinajstić information content (AvgIpc) is 2.64. The van der Waals surface area contributed by atoms with Gasteiger partial charge in [0.2, 0.25) is 5.78 Å². The molecule has 1 saturated carbocycles. The lowest BCUT2D eigenvalue weighted by Gasteiger charge is -2.45. The number of rotatable bonds is 6. The summed E-state index contributed by atoms with van der Waals surface area (Å²) in [5, 5.41) is 0. The number of hydrogen-bond donors (Lipinski definition) is 0. The number of ketones is 1. The SMILES string of the molecule is COc1ccccc1C(=O)COC(=O)C1(c2ccccc2)CC(F)(F)C1. The minimum atomic E-state index is -2.92. The third-order valence-corrected chi connectivity index (χ3v) is 4.58. The summed E-state index contributed by atoms with van der Waals surface area (Å²) in [4.78, 5) is 24.9. The van der Waals surface area contributed by atoms with Crippen molar-refractivity contribution >= 4 is 11.8 Å². The van der Waals surface area contributed by atoms with E-state index in [-0.39, 0.29) is 5.56 Å². The molecule has 6 heteroatoms. The number of ether oxygens (including phenoxy) is 2. The highest BCUT2D eigenvalue weighted by Gasteiger charge is 2.62. The van der Waals surface area contributed by atoms with Crippen LogP contribution in [0.2, 0.25) is 0 Å². The molecule has 0 aliphatic heterocycles. The van der Waals surface area contributed by atoms with Crippen LogP contribution < -0.4 is 4.74 Å². The van der Waals surface area contributed by atoms with Crippen LogP contribution >= 0.6 is 0 Å². The van der Waals surface area contributed by atoms with E-state index in [4.69, 9.17) is 9.47 Å². The molecule has 2 aromatic carbocycles. The number of methoxy groups -OCH3 is 1. The van der Waals surface area contributed by atoms with Gasteiger partial charge in [0.25, 0.3) is 5.92 Å².